The van der Waals surface area contributed by atoms with Crippen LogP contribution in [0.15, 0.2) is 303 Å². The van der Waals surface area contributed by atoms with Crippen LogP contribution in [0.2, 0.25) is 0 Å². The van der Waals surface area contributed by atoms with Gasteiger partial charge in [0.2, 0.25) is 28.6 Å². The number of hydrogen-bond acceptors (Lipinski definition) is 23. The molecular formula is C104H98N18O5. The number of aryl methyl sites for hydroxylation is 5. The molecule has 17 heterocycles. The van der Waals surface area contributed by atoms with E-state index in [1.54, 1.807) is 55.8 Å². The fourth-order valence-corrected chi connectivity index (χ4v) is 18.6. The minimum absolute atomic E-state index is 0.0303. The third-order valence-electron chi connectivity index (χ3n) is 24.8. The minimum Gasteiger partial charge on any atom is -0.435 e. The van der Waals surface area contributed by atoms with Gasteiger partial charge in [-0.05, 0) is 222 Å². The number of para-hydroxylation sites is 2. The molecule has 127 heavy (non-hydrogen) atoms. The van der Waals surface area contributed by atoms with Crippen molar-refractivity contribution in [2.45, 2.75) is 140 Å². The maximum atomic E-state index is 8.33. The molecule has 5 aliphatic heterocycles. The summed E-state index contributed by atoms with van der Waals surface area (Å²) >= 11 is 0. The summed E-state index contributed by atoms with van der Waals surface area (Å²) in [5, 5.41) is 10.3. The zero-order valence-corrected chi connectivity index (χ0v) is 73.0. The lowest BCUT2D eigenvalue weighted by Gasteiger charge is -2.33. The average Bonchev–Trinajstić information content (AvgIpc) is 1.57. The van der Waals surface area contributed by atoms with Gasteiger partial charge < -0.3 is 66.2 Å². The van der Waals surface area contributed by atoms with E-state index in [9.17, 15) is 0 Å². The Hall–Kier alpha value is -15.3. The topological polar surface area (TPSA) is 201 Å². The molecule has 23 heteroatoms. The van der Waals surface area contributed by atoms with E-state index in [2.05, 4.69) is 212 Å². The van der Waals surface area contributed by atoms with Gasteiger partial charge in [-0.15, -0.1) is 0 Å². The molecule has 0 fully saturated rings. The van der Waals surface area contributed by atoms with Gasteiger partial charge >= 0.3 is 0 Å². The monoisotopic (exact) mass is 1680 g/mol. The number of pyridine rings is 6. The van der Waals surface area contributed by atoms with Gasteiger partial charge in [0.15, 0.2) is 45.4 Å². The maximum Gasteiger partial charge on any atom is 0.227 e. The summed E-state index contributed by atoms with van der Waals surface area (Å²) in [6, 6.07) is 64.2. The van der Waals surface area contributed by atoms with E-state index in [1.807, 2.05) is 184 Å². The van der Waals surface area contributed by atoms with Gasteiger partial charge in [0, 0.05) is 175 Å². The highest BCUT2D eigenvalue weighted by molar-refractivity contribution is 6.14. The first-order valence-electron chi connectivity index (χ1n) is 45.2. The predicted octanol–water partition coefficient (Wildman–Crippen LogP) is 25.2. The largest absolute Gasteiger partial charge is 0.435 e. The van der Waals surface area contributed by atoms with Gasteiger partial charge in [-0.3, -0.25) is 4.90 Å². The zero-order chi connectivity index (χ0) is 91.7. The molecule has 5 atom stereocenters. The quantitative estimate of drug-likeness (QED) is 0.132. The Morgan fingerprint density at radius 2 is 0.575 bits per heavy atom. The first-order chi connectivity index (χ1) is 63.6. The van der Waals surface area contributed by atoms with Crippen molar-refractivity contribution in [1.29, 1.82) is 0 Å². The third-order valence-corrected chi connectivity index (χ3v) is 24.8. The fourth-order valence-electron chi connectivity index (χ4n) is 18.6. The van der Waals surface area contributed by atoms with Crippen molar-refractivity contribution in [3.8, 4) is 0 Å². The van der Waals surface area contributed by atoms with Crippen LogP contribution in [0.1, 0.15) is 97.0 Å². The molecule has 634 valence electrons. The first-order valence-corrected chi connectivity index (χ1v) is 42.7. The van der Waals surface area contributed by atoms with E-state index >= 15 is 0 Å². The lowest BCUT2D eigenvalue weighted by atomic mass is 10.1. The SMILES string of the molecule is Cc1ccc2c(oc3ncccc32)c1N1c2cccnc2N(c2ccccc2)[C@@H]1C.Cc1ccc2c(oc3ncccc32)c1N1c2nccnc2N(c2ccccc2)[C@@H]1C.[2H]C(C)(C)N1C=CN(c2c(C)ccc3c2oc2ncccc23)[C@H]1C.[2H]C(C)(C)N1C=CN(c2c(C)ccc3c2oc2ncccc23)[C@H]1C.[2H]C([2H])([2H])N1C=CN(c2c(C)ccc3c2oc2ncccc23)[C@H]1C. The van der Waals surface area contributed by atoms with Gasteiger partial charge in [-0.1, -0.05) is 97.1 Å². The number of aromatic nitrogens is 8. The smallest absolute Gasteiger partial charge is 0.227 e. The molecule has 0 saturated carbocycles. The van der Waals surface area contributed by atoms with Gasteiger partial charge in [0.25, 0.3) is 0 Å². The van der Waals surface area contributed by atoms with Crippen molar-refractivity contribution >= 4 is 173 Å². The second-order valence-corrected chi connectivity index (χ2v) is 32.9. The maximum absolute atomic E-state index is 8.33. The normalized spacial score (nSPS) is 17.9. The van der Waals surface area contributed by atoms with E-state index in [1.165, 1.54) is 4.90 Å². The minimum atomic E-state index is -2.18. The summed E-state index contributed by atoms with van der Waals surface area (Å²) in [7, 11) is 0. The Labute approximate surface area is 742 Å². The van der Waals surface area contributed by atoms with Crippen LogP contribution >= 0.6 is 0 Å². The summed E-state index contributed by atoms with van der Waals surface area (Å²) < 4.78 is 70.4. The highest BCUT2D eigenvalue weighted by Crippen LogP contribution is 2.53. The molecule has 0 N–H and O–H groups in total. The lowest BCUT2D eigenvalue weighted by Crippen LogP contribution is -2.39. The molecule has 0 aliphatic carbocycles. The molecule has 5 aliphatic rings. The van der Waals surface area contributed by atoms with Crippen LogP contribution in [-0.2, 0) is 0 Å². The van der Waals surface area contributed by atoms with Crippen LogP contribution < -0.4 is 34.3 Å². The van der Waals surface area contributed by atoms with Gasteiger partial charge in [-0.25, -0.2) is 39.9 Å². The Bertz CT molecular complexity index is 7160. The highest BCUT2D eigenvalue weighted by Gasteiger charge is 2.42. The van der Waals surface area contributed by atoms with Gasteiger partial charge in [-0.2, -0.15) is 0 Å². The van der Waals surface area contributed by atoms with E-state index < -0.39 is 19.0 Å². The molecule has 0 saturated heterocycles. The third kappa shape index (κ3) is 13.6. The van der Waals surface area contributed by atoms with Crippen molar-refractivity contribution in [2.24, 2.45) is 0 Å². The van der Waals surface area contributed by atoms with E-state index in [4.69, 9.17) is 38.9 Å². The first kappa shape index (κ1) is 74.4. The molecule has 0 amide bonds. The zero-order valence-electron chi connectivity index (χ0n) is 78.0. The Morgan fingerprint density at radius 1 is 0.276 bits per heavy atom. The van der Waals surface area contributed by atoms with E-state index in [-0.39, 0.29) is 30.8 Å². The van der Waals surface area contributed by atoms with Crippen LogP contribution in [0.3, 0.4) is 0 Å². The summed E-state index contributed by atoms with van der Waals surface area (Å²) in [6.07, 6.45) is 25.2. The molecule has 19 aromatic rings. The second kappa shape index (κ2) is 32.4. The van der Waals surface area contributed by atoms with Crippen molar-refractivity contribution in [2.75, 3.05) is 41.3 Å². The standard InChI is InChI=1S/C25H20N4O.C24H19N5O.2C19H21N3O.C17H17N3O/c1-16-12-13-19-20-10-6-15-27-25(20)30-23(19)22(16)29-17(2)28(18-8-4-3-5-9-18)24-21(29)11-7-14-26-24;1-15-10-11-18-19-9-6-12-27-24(19)30-21(18)20(15)29-16(2)28(17-7-4-3-5-8-17)22-23(29)26-14-13-25-22;2*1-12(2)21-10-11-22(14(21)4)17-13(3)7-8-15-16-6-5-9-20-19(16)23-18(15)17;1-11-6-7-13-14-5-4-8-18-17(14)21-16(13)15(11)20-10-9-19(3)12(20)2/h3-15,17H,1-2H3;3-14,16H,1-2H3;2*5-12,14H,1-4H3;4-10,12H,1-3H3/t17-;16-;2*14-;12-/m00000/s1/i;;2*12D;3D3. The lowest BCUT2D eigenvalue weighted by molar-refractivity contribution is 0.263. The molecule has 7 aromatic carbocycles. The van der Waals surface area contributed by atoms with Gasteiger partial charge in [0.1, 0.15) is 30.8 Å². The number of benzene rings is 7. The molecule has 12 aromatic heterocycles. The van der Waals surface area contributed by atoms with Crippen molar-refractivity contribution in [3.63, 3.8) is 0 Å². The van der Waals surface area contributed by atoms with Gasteiger partial charge in [0.05, 0.1) is 36.9 Å². The summed E-state index contributed by atoms with van der Waals surface area (Å²) in [4.78, 5) is 56.7. The van der Waals surface area contributed by atoms with E-state index in [0.717, 1.165) is 173 Å². The number of fused-ring (bicyclic) bond motifs is 17. The molecule has 0 unspecified atom stereocenters. The molecule has 0 radical (unpaired) electrons. The summed E-state index contributed by atoms with van der Waals surface area (Å²) in [6.45, 7) is 26.3. The molecule has 23 nitrogen and oxygen atoms in total. The van der Waals surface area contributed by atoms with Crippen LogP contribution in [-0.4, -0.2) is 104 Å². The van der Waals surface area contributed by atoms with Crippen molar-refractivity contribution < 1.29 is 28.9 Å². The van der Waals surface area contributed by atoms with Crippen molar-refractivity contribution in [1.82, 2.24) is 54.6 Å². The average molecular weight is 1690 g/mol. The Morgan fingerprint density at radius 3 is 0.929 bits per heavy atom. The number of hydrogen-bond donors (Lipinski definition) is 0. The van der Waals surface area contributed by atoms with Crippen LogP contribution in [0.25, 0.3) is 110 Å². The Kier molecular flexibility index (Phi) is 19.0. The summed E-state index contributed by atoms with van der Waals surface area (Å²) in [5.74, 6) is 2.60. The highest BCUT2D eigenvalue weighted by atomic mass is 16.4. The molecule has 0 spiro atoms. The number of furan rings is 5. The molecule has 0 bridgehead atoms. The van der Waals surface area contributed by atoms with Crippen LogP contribution in [0.5, 0.6) is 0 Å². The molecule has 24 rings (SSSR count). The Balaban J connectivity index is 0.000000103. The predicted molar refractivity (Wildman–Crippen MR) is 513 cm³/mol. The van der Waals surface area contributed by atoms with Crippen LogP contribution in [0.4, 0.5) is 63.0 Å². The number of anilines is 11. The fraction of sp³-hybridized carbons (Fsp3) is 0.212. The van der Waals surface area contributed by atoms with E-state index in [0.29, 0.717) is 28.6 Å². The van der Waals surface area contributed by atoms with Crippen molar-refractivity contribution in [3.05, 3.63) is 309 Å². The number of rotatable bonds is 9. The number of nitrogens with zero attached hydrogens (tertiary/aromatic N) is 18. The summed E-state index contributed by atoms with van der Waals surface area (Å²) in [5.41, 5.74) is 21.2. The van der Waals surface area contributed by atoms with Crippen LogP contribution in [0, 0.1) is 34.6 Å². The second-order valence-electron chi connectivity index (χ2n) is 32.9. The molecular weight excluding hydrogens is 1580 g/mol.